The second-order valence-electron chi connectivity index (χ2n) is 7.74. The molecule has 1 aliphatic heterocycles. The van der Waals surface area contributed by atoms with Crippen LogP contribution in [-0.2, 0) is 0 Å². The van der Waals surface area contributed by atoms with Gasteiger partial charge >= 0.3 is 0 Å². The lowest BCUT2D eigenvalue weighted by atomic mass is 10.1. The Balaban J connectivity index is 1.58. The summed E-state index contributed by atoms with van der Waals surface area (Å²) < 4.78 is 6.24. The van der Waals surface area contributed by atoms with E-state index in [1.807, 2.05) is 30.3 Å². The van der Waals surface area contributed by atoms with E-state index in [2.05, 4.69) is 40.3 Å². The molecule has 164 valence electrons. The van der Waals surface area contributed by atoms with Crippen molar-refractivity contribution in [2.75, 3.05) is 5.75 Å². The molecule has 4 rings (SSSR count). The van der Waals surface area contributed by atoms with Crippen LogP contribution in [0, 0.1) is 4.91 Å². The van der Waals surface area contributed by atoms with E-state index >= 15 is 0 Å². The van der Waals surface area contributed by atoms with Crippen molar-refractivity contribution in [2.45, 2.75) is 50.9 Å². The van der Waals surface area contributed by atoms with Crippen molar-refractivity contribution < 1.29 is 4.74 Å². The highest BCUT2D eigenvalue weighted by molar-refractivity contribution is 8.13. The highest BCUT2D eigenvalue weighted by Crippen LogP contribution is 2.27. The van der Waals surface area contributed by atoms with Crippen molar-refractivity contribution in [1.29, 1.82) is 0 Å². The predicted octanol–water partition coefficient (Wildman–Crippen LogP) is 3.56. The molecule has 8 nitrogen and oxygen atoms in total. The smallest absolute Gasteiger partial charge is 0.223 e. The molecular weight excluding hydrogens is 412 g/mol. The molecule has 1 fully saturated rings. The molecule has 3 atom stereocenters. The van der Waals surface area contributed by atoms with E-state index in [-0.39, 0.29) is 12.1 Å². The Morgan fingerprint density at radius 1 is 1.26 bits per heavy atom. The number of rotatable bonds is 8. The molecule has 1 unspecified atom stereocenters. The first-order valence-electron chi connectivity index (χ1n) is 10.6. The zero-order valence-corrected chi connectivity index (χ0v) is 18.3. The summed E-state index contributed by atoms with van der Waals surface area (Å²) in [5.74, 6) is 8.06. The van der Waals surface area contributed by atoms with Gasteiger partial charge in [-0.15, -0.1) is 0 Å². The molecule has 0 saturated heterocycles. The molecule has 9 heteroatoms. The van der Waals surface area contributed by atoms with E-state index in [0.717, 1.165) is 41.0 Å². The lowest BCUT2D eigenvalue weighted by Gasteiger charge is -2.29. The first-order chi connectivity index (χ1) is 15.2. The summed E-state index contributed by atoms with van der Waals surface area (Å²) in [6, 6.07) is 14.1. The number of hydrogen-bond acceptors (Lipinski definition) is 9. The Hall–Kier alpha value is -2.62. The predicted molar refractivity (Wildman–Crippen MR) is 126 cm³/mol. The van der Waals surface area contributed by atoms with E-state index in [4.69, 9.17) is 15.6 Å². The quantitative estimate of drug-likeness (QED) is 0.282. The number of ether oxygens (including phenoxy) is 1. The zero-order valence-electron chi connectivity index (χ0n) is 17.5. The van der Waals surface area contributed by atoms with Crippen LogP contribution in [0.5, 0.6) is 5.75 Å². The van der Waals surface area contributed by atoms with Crippen molar-refractivity contribution in [3.8, 4) is 5.75 Å². The first kappa shape index (κ1) is 21.6. The second kappa shape index (κ2) is 10.1. The molecule has 31 heavy (non-hydrogen) atoms. The van der Waals surface area contributed by atoms with Crippen LogP contribution < -0.4 is 26.6 Å². The normalized spacial score (nSPS) is 23.4. The Morgan fingerprint density at radius 2 is 2.10 bits per heavy atom. The molecule has 2 aromatic carbocycles. The van der Waals surface area contributed by atoms with Crippen LogP contribution in [0.15, 0.2) is 64.2 Å². The molecule has 0 aromatic heterocycles. The number of fused-ring (bicyclic) bond motifs is 1. The van der Waals surface area contributed by atoms with Gasteiger partial charge < -0.3 is 15.5 Å². The van der Waals surface area contributed by atoms with Gasteiger partial charge in [0.05, 0.1) is 6.04 Å². The number of amidine groups is 1. The largest absolute Gasteiger partial charge is 0.439 e. The van der Waals surface area contributed by atoms with Gasteiger partial charge in [-0.3, -0.25) is 11.2 Å². The number of nitroso groups, excluding NO2 is 1. The molecule has 1 heterocycles. The Morgan fingerprint density at radius 3 is 2.84 bits per heavy atom. The maximum atomic E-state index is 10.9. The number of thioether (sulfide) groups is 1. The molecule has 0 radical (unpaired) electrons. The van der Waals surface area contributed by atoms with Gasteiger partial charge in [0.15, 0.2) is 5.17 Å². The van der Waals surface area contributed by atoms with Gasteiger partial charge in [-0.05, 0) is 48.6 Å². The van der Waals surface area contributed by atoms with E-state index < -0.39 is 6.17 Å². The highest BCUT2D eigenvalue weighted by atomic mass is 32.2. The number of aliphatic imine (C=N–C) groups is 1. The van der Waals surface area contributed by atoms with Gasteiger partial charge in [0, 0.05) is 11.8 Å². The SMILES string of the molecule is CCCSC1=NC(N[C@H]2CC[C@@H](N=O)C2)C(NN)=C(Oc2ccc3ccccc3c2)N1. The number of nitrogens with zero attached hydrogens (tertiary/aromatic N) is 2. The lowest BCUT2D eigenvalue weighted by molar-refractivity contribution is 0.361. The zero-order chi connectivity index (χ0) is 21.6. The summed E-state index contributed by atoms with van der Waals surface area (Å²) in [6.45, 7) is 2.13. The fourth-order valence-corrected chi connectivity index (χ4v) is 4.64. The van der Waals surface area contributed by atoms with E-state index in [0.29, 0.717) is 23.8 Å². The Bertz CT molecular complexity index is 995. The third-order valence-corrected chi connectivity index (χ3v) is 6.56. The highest BCUT2D eigenvalue weighted by Gasteiger charge is 2.32. The minimum Gasteiger partial charge on any atom is -0.439 e. The van der Waals surface area contributed by atoms with Crippen LogP contribution in [0.25, 0.3) is 10.8 Å². The Labute approximate surface area is 186 Å². The molecule has 0 spiro atoms. The fraction of sp³-hybridized carbons (Fsp3) is 0.409. The maximum absolute atomic E-state index is 10.9. The van der Waals surface area contributed by atoms with Crippen molar-refractivity contribution in [1.82, 2.24) is 16.1 Å². The van der Waals surface area contributed by atoms with Crippen molar-refractivity contribution >= 4 is 27.7 Å². The minimum absolute atomic E-state index is 0.135. The van der Waals surface area contributed by atoms with Crippen LogP contribution in [0.3, 0.4) is 0 Å². The minimum atomic E-state index is -0.392. The van der Waals surface area contributed by atoms with Gasteiger partial charge in [-0.2, -0.15) is 4.91 Å². The molecule has 2 aromatic rings. The number of nitrogens with one attached hydrogen (secondary N) is 3. The van der Waals surface area contributed by atoms with E-state index in [9.17, 15) is 4.91 Å². The summed E-state index contributed by atoms with van der Waals surface area (Å²) >= 11 is 1.64. The Kier molecular flexibility index (Phi) is 7.06. The second-order valence-corrected chi connectivity index (χ2v) is 8.83. The van der Waals surface area contributed by atoms with Crippen molar-refractivity contribution in [3.05, 3.63) is 59.0 Å². The first-order valence-corrected chi connectivity index (χ1v) is 11.6. The van der Waals surface area contributed by atoms with Crippen LogP contribution in [-0.4, -0.2) is 29.2 Å². The summed E-state index contributed by atoms with van der Waals surface area (Å²) in [4.78, 5) is 15.7. The third kappa shape index (κ3) is 5.17. The maximum Gasteiger partial charge on any atom is 0.223 e. The van der Waals surface area contributed by atoms with E-state index in [1.54, 1.807) is 11.8 Å². The van der Waals surface area contributed by atoms with Crippen molar-refractivity contribution in [3.63, 3.8) is 0 Å². The standard InChI is InChI=1S/C22H28N6O2S/c1-2-11-31-22-25-20(24-16-8-9-17(13-16)28-29)19(27-23)21(26-22)30-18-10-7-14-5-3-4-6-15(14)12-18/h3-7,10,12,16-17,20,24,27H,2,8-9,11,13,23H2,1H3,(H,25,26)/t16-,17+,20?/m0/s1. The van der Waals surface area contributed by atoms with Gasteiger partial charge in [0.2, 0.25) is 5.88 Å². The van der Waals surface area contributed by atoms with E-state index in [1.165, 1.54) is 0 Å². The van der Waals surface area contributed by atoms with Crippen LogP contribution in [0.1, 0.15) is 32.6 Å². The van der Waals surface area contributed by atoms with Gasteiger partial charge in [0.25, 0.3) is 0 Å². The van der Waals surface area contributed by atoms with Gasteiger partial charge in [-0.1, -0.05) is 54.2 Å². The van der Waals surface area contributed by atoms with Gasteiger partial charge in [0.1, 0.15) is 17.6 Å². The monoisotopic (exact) mass is 440 g/mol. The molecule has 1 aliphatic carbocycles. The third-order valence-electron chi connectivity index (χ3n) is 5.47. The average Bonchev–Trinajstić information content (AvgIpc) is 3.25. The number of nitrogens with two attached hydrogens (primary N) is 1. The topological polar surface area (TPSA) is 113 Å². The van der Waals surface area contributed by atoms with Crippen LogP contribution >= 0.6 is 11.8 Å². The molecule has 1 saturated carbocycles. The summed E-state index contributed by atoms with van der Waals surface area (Å²) in [7, 11) is 0. The fourth-order valence-electron chi connectivity index (χ4n) is 3.90. The molecular formula is C22H28N6O2S. The lowest BCUT2D eigenvalue weighted by Crippen LogP contribution is -2.49. The average molecular weight is 441 g/mol. The van der Waals surface area contributed by atoms with Gasteiger partial charge in [-0.25, -0.2) is 4.99 Å². The van der Waals surface area contributed by atoms with Crippen LogP contribution in [0.4, 0.5) is 0 Å². The summed E-state index contributed by atoms with van der Waals surface area (Å²) in [6.07, 6.45) is 3.02. The molecule has 0 amide bonds. The molecule has 5 N–H and O–H groups in total. The summed E-state index contributed by atoms with van der Waals surface area (Å²) in [5.41, 5.74) is 3.39. The molecule has 0 bridgehead atoms. The summed E-state index contributed by atoms with van der Waals surface area (Å²) in [5, 5.41) is 13.0. The van der Waals surface area contributed by atoms with Crippen molar-refractivity contribution in [2.24, 2.45) is 16.0 Å². The number of benzene rings is 2. The van der Waals surface area contributed by atoms with Crippen LogP contribution in [0.2, 0.25) is 0 Å². The molecule has 2 aliphatic rings. The number of hydrazine groups is 1. The number of hydrogen-bond donors (Lipinski definition) is 4.